The van der Waals surface area contributed by atoms with Crippen molar-refractivity contribution in [2.24, 2.45) is 0 Å². The number of carboxylic acids is 1. The van der Waals surface area contributed by atoms with E-state index in [0.717, 1.165) is 12.5 Å². The Balaban J connectivity index is 0.000000399. The number of aliphatic hydroxyl groups excluding tert-OH is 3. The van der Waals surface area contributed by atoms with Crippen molar-refractivity contribution in [2.75, 3.05) is 6.61 Å². The number of carboxylic acid groups (broad SMARTS) is 1. The second-order valence-corrected chi connectivity index (χ2v) is 4.06. The van der Waals surface area contributed by atoms with E-state index in [0.29, 0.717) is 0 Å². The molecule has 2 rings (SSSR count). The first-order chi connectivity index (χ1) is 8.97. The van der Waals surface area contributed by atoms with Gasteiger partial charge in [0, 0.05) is 19.3 Å². The van der Waals surface area contributed by atoms with Gasteiger partial charge < -0.3 is 25.2 Å². The number of hydrogen-bond donors (Lipinski definition) is 4. The molecule has 4 atom stereocenters. The van der Waals surface area contributed by atoms with Crippen molar-refractivity contribution >= 4 is 5.97 Å². The second kappa shape index (κ2) is 7.15. The van der Waals surface area contributed by atoms with E-state index in [1.807, 2.05) is 0 Å². The molecule has 7 nitrogen and oxygen atoms in total. The summed E-state index contributed by atoms with van der Waals surface area (Å²) >= 11 is 0. The molecule has 1 saturated heterocycles. The van der Waals surface area contributed by atoms with Gasteiger partial charge in [0.25, 0.3) is 5.97 Å². The number of rotatable bonds is 2. The molecule has 0 radical (unpaired) electrons. The summed E-state index contributed by atoms with van der Waals surface area (Å²) < 4.78 is 5.34. The first kappa shape index (κ1) is 15.5. The van der Waals surface area contributed by atoms with E-state index in [9.17, 15) is 10.2 Å². The van der Waals surface area contributed by atoms with Crippen molar-refractivity contribution in [1.82, 2.24) is 4.98 Å². The van der Waals surface area contributed by atoms with Gasteiger partial charge in [0.05, 0.1) is 6.61 Å². The Morgan fingerprint density at radius 2 is 1.84 bits per heavy atom. The van der Waals surface area contributed by atoms with Crippen molar-refractivity contribution in [2.45, 2.75) is 31.3 Å². The highest BCUT2D eigenvalue weighted by Gasteiger charge is 2.42. The number of carbonyl (C=O) groups is 1. The third-order valence-electron chi connectivity index (χ3n) is 2.58. The largest absolute Gasteiger partial charge is 0.481 e. The molecule has 0 spiro atoms. The molecule has 1 aromatic heterocycles. The minimum atomic E-state index is -1.05. The lowest BCUT2D eigenvalue weighted by molar-refractivity contribution is -0.134. The van der Waals surface area contributed by atoms with Gasteiger partial charge in [-0.2, -0.15) is 0 Å². The van der Waals surface area contributed by atoms with Crippen LogP contribution in [0.15, 0.2) is 24.5 Å². The van der Waals surface area contributed by atoms with Gasteiger partial charge in [0.1, 0.15) is 24.4 Å². The quantitative estimate of drug-likeness (QED) is 0.562. The van der Waals surface area contributed by atoms with E-state index in [-0.39, 0.29) is 6.61 Å². The van der Waals surface area contributed by atoms with Crippen LogP contribution < -0.4 is 0 Å². The standard InChI is InChI=1S/C10H13NO4.C2H4O2/c12-5-7-8(13)9(14)10(15-7)6-1-3-11-4-2-6;1-2(3)4/h1-4,7-10,12-14H,5H2;1H3,(H,3,4)/t7-,8-,9-,10+;/m1./s1. The van der Waals surface area contributed by atoms with E-state index in [4.69, 9.17) is 19.7 Å². The third kappa shape index (κ3) is 4.25. The molecule has 0 amide bonds. The van der Waals surface area contributed by atoms with Gasteiger partial charge in [-0.05, 0) is 17.7 Å². The Morgan fingerprint density at radius 1 is 1.32 bits per heavy atom. The van der Waals surface area contributed by atoms with Gasteiger partial charge in [-0.15, -0.1) is 0 Å². The minimum Gasteiger partial charge on any atom is -0.481 e. The van der Waals surface area contributed by atoms with E-state index in [1.54, 1.807) is 24.5 Å². The molecular formula is C12H17NO6. The Morgan fingerprint density at radius 3 is 2.26 bits per heavy atom. The molecule has 4 N–H and O–H groups in total. The van der Waals surface area contributed by atoms with Crippen LogP contribution in [0.1, 0.15) is 18.6 Å². The Hall–Kier alpha value is -1.54. The van der Waals surface area contributed by atoms with Crippen molar-refractivity contribution < 1.29 is 30.0 Å². The molecule has 1 fully saturated rings. The number of aromatic nitrogens is 1. The molecule has 1 aliphatic heterocycles. The van der Waals surface area contributed by atoms with Crippen LogP contribution in [0.4, 0.5) is 0 Å². The maximum atomic E-state index is 9.71. The Bertz CT molecular complexity index is 394. The fourth-order valence-corrected chi connectivity index (χ4v) is 1.73. The summed E-state index contributed by atoms with van der Waals surface area (Å²) in [7, 11) is 0. The number of aliphatic hydroxyl groups is 3. The summed E-state index contributed by atoms with van der Waals surface area (Å²) in [5.74, 6) is -0.833. The highest BCUT2D eigenvalue weighted by atomic mass is 16.6. The first-order valence-electron chi connectivity index (χ1n) is 5.69. The van der Waals surface area contributed by atoms with Crippen LogP contribution in [0, 0.1) is 0 Å². The van der Waals surface area contributed by atoms with Crippen LogP contribution >= 0.6 is 0 Å². The zero-order valence-electron chi connectivity index (χ0n) is 10.4. The van der Waals surface area contributed by atoms with Gasteiger partial charge in [-0.3, -0.25) is 9.78 Å². The molecule has 1 aromatic rings. The highest BCUT2D eigenvalue weighted by Crippen LogP contribution is 2.32. The fourth-order valence-electron chi connectivity index (χ4n) is 1.73. The maximum Gasteiger partial charge on any atom is 0.300 e. The summed E-state index contributed by atoms with van der Waals surface area (Å²) in [5.41, 5.74) is 0.743. The minimum absolute atomic E-state index is 0.306. The number of aliphatic carboxylic acids is 1. The maximum absolute atomic E-state index is 9.71. The van der Waals surface area contributed by atoms with Crippen LogP contribution in [0.5, 0.6) is 0 Å². The predicted molar refractivity (Wildman–Crippen MR) is 64.3 cm³/mol. The van der Waals surface area contributed by atoms with Crippen molar-refractivity contribution in [3.05, 3.63) is 30.1 Å². The van der Waals surface area contributed by atoms with E-state index in [2.05, 4.69) is 4.98 Å². The lowest BCUT2D eigenvalue weighted by Gasteiger charge is -2.14. The van der Waals surface area contributed by atoms with Gasteiger partial charge in [0.15, 0.2) is 0 Å². The van der Waals surface area contributed by atoms with E-state index < -0.39 is 30.4 Å². The predicted octanol–water partition coefficient (Wildman–Crippen LogP) is -0.674. The summed E-state index contributed by atoms with van der Waals surface area (Å²) in [6.45, 7) is 0.778. The van der Waals surface area contributed by atoms with Crippen molar-refractivity contribution in [1.29, 1.82) is 0 Å². The van der Waals surface area contributed by atoms with Crippen LogP contribution in [0.25, 0.3) is 0 Å². The van der Waals surface area contributed by atoms with E-state index in [1.165, 1.54) is 0 Å². The van der Waals surface area contributed by atoms with Crippen LogP contribution in [-0.2, 0) is 9.53 Å². The molecule has 0 bridgehead atoms. The highest BCUT2D eigenvalue weighted by molar-refractivity contribution is 5.62. The molecule has 19 heavy (non-hydrogen) atoms. The average Bonchev–Trinajstić information content (AvgIpc) is 2.66. The summed E-state index contributed by atoms with van der Waals surface area (Å²) in [6.07, 6.45) is -0.204. The van der Waals surface area contributed by atoms with Gasteiger partial charge in [-0.25, -0.2) is 0 Å². The van der Waals surface area contributed by atoms with Crippen molar-refractivity contribution in [3.8, 4) is 0 Å². The smallest absolute Gasteiger partial charge is 0.300 e. The second-order valence-electron chi connectivity index (χ2n) is 4.06. The molecule has 1 aliphatic rings. The molecule has 7 heteroatoms. The molecule has 0 unspecified atom stereocenters. The molecule has 0 aromatic carbocycles. The van der Waals surface area contributed by atoms with Crippen LogP contribution in [0.2, 0.25) is 0 Å². The first-order valence-corrected chi connectivity index (χ1v) is 5.69. The monoisotopic (exact) mass is 271 g/mol. The lowest BCUT2D eigenvalue weighted by Crippen LogP contribution is -2.32. The molecule has 2 heterocycles. The molecule has 0 saturated carbocycles. The number of nitrogens with zero attached hydrogens (tertiary/aromatic N) is 1. The number of pyridine rings is 1. The Kier molecular flexibility index (Phi) is 5.84. The van der Waals surface area contributed by atoms with Gasteiger partial charge in [0.2, 0.25) is 0 Å². The third-order valence-corrected chi connectivity index (χ3v) is 2.58. The summed E-state index contributed by atoms with van der Waals surface area (Å²) in [4.78, 5) is 12.9. The van der Waals surface area contributed by atoms with E-state index >= 15 is 0 Å². The number of ether oxygens (including phenoxy) is 1. The Labute approximate surface area is 110 Å². The number of hydrogen-bond acceptors (Lipinski definition) is 6. The zero-order valence-corrected chi connectivity index (χ0v) is 10.4. The normalized spacial score (nSPS) is 29.5. The van der Waals surface area contributed by atoms with Gasteiger partial charge in [-0.1, -0.05) is 0 Å². The van der Waals surface area contributed by atoms with Crippen LogP contribution in [0.3, 0.4) is 0 Å². The SMILES string of the molecule is CC(=O)O.OC[C@H]1O[C@@H](c2ccncc2)[C@H](O)[C@@H]1O. The summed E-state index contributed by atoms with van der Waals surface area (Å²) in [6, 6.07) is 3.42. The average molecular weight is 271 g/mol. The topological polar surface area (TPSA) is 120 Å². The molecule has 106 valence electrons. The molecular weight excluding hydrogens is 254 g/mol. The molecule has 0 aliphatic carbocycles. The summed E-state index contributed by atoms with van der Waals surface area (Å²) in [5, 5.41) is 35.6. The fraction of sp³-hybridized carbons (Fsp3) is 0.500. The van der Waals surface area contributed by atoms with Gasteiger partial charge >= 0.3 is 0 Å². The van der Waals surface area contributed by atoms with Crippen molar-refractivity contribution in [3.63, 3.8) is 0 Å². The lowest BCUT2D eigenvalue weighted by atomic mass is 10.0. The van der Waals surface area contributed by atoms with Crippen LogP contribution in [-0.4, -0.2) is 56.3 Å². The zero-order chi connectivity index (χ0) is 14.4.